The van der Waals surface area contributed by atoms with Gasteiger partial charge in [-0.15, -0.1) is 0 Å². The number of carboxylic acid groups (broad SMARTS) is 1. The molecule has 0 aliphatic heterocycles. The first-order valence-corrected chi connectivity index (χ1v) is 6.19. The van der Waals surface area contributed by atoms with Gasteiger partial charge in [0, 0.05) is 0 Å². The highest BCUT2D eigenvalue weighted by Crippen LogP contribution is 2.23. The zero-order chi connectivity index (χ0) is 15.3. The number of para-hydroxylation sites is 2. The lowest BCUT2D eigenvalue weighted by Gasteiger charge is -2.27. The Balaban J connectivity index is 2.79. The Morgan fingerprint density at radius 2 is 1.85 bits per heavy atom. The van der Waals surface area contributed by atoms with Crippen LogP contribution in [0.1, 0.15) is 20.8 Å². The first-order chi connectivity index (χ1) is 9.25. The van der Waals surface area contributed by atoms with Crippen LogP contribution in [0.2, 0.25) is 0 Å². The molecule has 0 bridgehead atoms. The van der Waals surface area contributed by atoms with Crippen molar-refractivity contribution in [2.45, 2.75) is 26.8 Å². The summed E-state index contributed by atoms with van der Waals surface area (Å²) in [4.78, 5) is 23.1. The van der Waals surface area contributed by atoms with E-state index in [0.29, 0.717) is 11.4 Å². The standard InChI is InChI=1S/C14H20N2O4/c1-14(2,3)11(12(17)18)16-13(19)15-9-7-5-6-8-10(9)20-4/h5-8,11H,1-4H3,(H,17,18)(H2,15,16,19)/t11-/m0/s1. The number of methoxy groups -OCH3 is 1. The number of aliphatic carboxylic acids is 1. The van der Waals surface area contributed by atoms with Gasteiger partial charge in [0.25, 0.3) is 0 Å². The molecular weight excluding hydrogens is 260 g/mol. The summed E-state index contributed by atoms with van der Waals surface area (Å²) in [6.45, 7) is 5.24. The molecule has 0 saturated heterocycles. The molecule has 6 nitrogen and oxygen atoms in total. The van der Waals surface area contributed by atoms with Crippen molar-refractivity contribution in [3.05, 3.63) is 24.3 Å². The number of amides is 2. The first kappa shape index (κ1) is 15.8. The van der Waals surface area contributed by atoms with Crippen LogP contribution in [0.5, 0.6) is 5.75 Å². The minimum atomic E-state index is -1.08. The van der Waals surface area contributed by atoms with Crippen molar-refractivity contribution in [1.29, 1.82) is 0 Å². The number of hydrogen-bond acceptors (Lipinski definition) is 3. The summed E-state index contributed by atoms with van der Waals surface area (Å²) >= 11 is 0. The van der Waals surface area contributed by atoms with E-state index in [9.17, 15) is 9.59 Å². The highest BCUT2D eigenvalue weighted by atomic mass is 16.5. The van der Waals surface area contributed by atoms with Crippen molar-refractivity contribution >= 4 is 17.7 Å². The first-order valence-electron chi connectivity index (χ1n) is 6.19. The molecule has 1 aromatic rings. The van der Waals surface area contributed by atoms with E-state index >= 15 is 0 Å². The van der Waals surface area contributed by atoms with Gasteiger partial charge >= 0.3 is 12.0 Å². The number of hydrogen-bond donors (Lipinski definition) is 3. The van der Waals surface area contributed by atoms with Gasteiger partial charge in [0.1, 0.15) is 11.8 Å². The van der Waals surface area contributed by atoms with Gasteiger partial charge in [-0.3, -0.25) is 0 Å². The second-order valence-electron chi connectivity index (χ2n) is 5.44. The molecule has 1 rings (SSSR count). The van der Waals surface area contributed by atoms with E-state index in [1.807, 2.05) is 0 Å². The molecule has 0 saturated carbocycles. The van der Waals surface area contributed by atoms with E-state index < -0.39 is 23.5 Å². The highest BCUT2D eigenvalue weighted by molar-refractivity contribution is 5.93. The van der Waals surface area contributed by atoms with Gasteiger partial charge in [-0.25, -0.2) is 9.59 Å². The molecule has 0 radical (unpaired) electrons. The van der Waals surface area contributed by atoms with E-state index in [-0.39, 0.29) is 0 Å². The van der Waals surface area contributed by atoms with Crippen LogP contribution in [0.4, 0.5) is 10.5 Å². The van der Waals surface area contributed by atoms with Gasteiger partial charge in [-0.05, 0) is 17.5 Å². The Morgan fingerprint density at radius 3 is 2.35 bits per heavy atom. The summed E-state index contributed by atoms with van der Waals surface area (Å²) < 4.78 is 5.11. The molecule has 0 spiro atoms. The third-order valence-corrected chi connectivity index (χ3v) is 2.74. The molecule has 2 amide bonds. The molecule has 110 valence electrons. The molecule has 3 N–H and O–H groups in total. The number of urea groups is 1. The second-order valence-corrected chi connectivity index (χ2v) is 5.44. The zero-order valence-electron chi connectivity index (χ0n) is 12.1. The molecule has 6 heteroatoms. The Bertz CT molecular complexity index is 494. The summed E-state index contributed by atoms with van der Waals surface area (Å²) in [5, 5.41) is 14.2. The van der Waals surface area contributed by atoms with Gasteiger partial charge in [0.15, 0.2) is 0 Å². The molecule has 1 aromatic carbocycles. The van der Waals surface area contributed by atoms with Crippen LogP contribution in [0.25, 0.3) is 0 Å². The van der Waals surface area contributed by atoms with Crippen LogP contribution in [-0.4, -0.2) is 30.3 Å². The van der Waals surface area contributed by atoms with Crippen molar-refractivity contribution < 1.29 is 19.4 Å². The maximum absolute atomic E-state index is 11.9. The highest BCUT2D eigenvalue weighted by Gasteiger charge is 2.32. The van der Waals surface area contributed by atoms with Crippen molar-refractivity contribution in [1.82, 2.24) is 5.32 Å². The van der Waals surface area contributed by atoms with Crippen LogP contribution in [0.15, 0.2) is 24.3 Å². The Labute approximate surface area is 118 Å². The number of carboxylic acids is 1. The van der Waals surface area contributed by atoms with Crippen LogP contribution >= 0.6 is 0 Å². The SMILES string of the molecule is COc1ccccc1NC(=O)N[C@@H](C(=O)O)C(C)(C)C. The summed E-state index contributed by atoms with van der Waals surface area (Å²) in [7, 11) is 1.49. The molecule has 0 unspecified atom stereocenters. The van der Waals surface area contributed by atoms with Crippen molar-refractivity contribution in [2.24, 2.45) is 5.41 Å². The largest absolute Gasteiger partial charge is 0.495 e. The average molecular weight is 280 g/mol. The van der Waals surface area contributed by atoms with Gasteiger partial charge in [-0.2, -0.15) is 0 Å². The van der Waals surface area contributed by atoms with E-state index in [2.05, 4.69) is 10.6 Å². The summed E-state index contributed by atoms with van der Waals surface area (Å²) in [6, 6.07) is 5.32. The zero-order valence-corrected chi connectivity index (χ0v) is 12.1. The maximum Gasteiger partial charge on any atom is 0.326 e. The van der Waals surface area contributed by atoms with Crippen LogP contribution in [0.3, 0.4) is 0 Å². The quantitative estimate of drug-likeness (QED) is 0.789. The number of carbonyl (C=O) groups is 2. The number of anilines is 1. The Kier molecular flexibility index (Phi) is 4.96. The van der Waals surface area contributed by atoms with Crippen molar-refractivity contribution in [3.8, 4) is 5.75 Å². The maximum atomic E-state index is 11.9. The second kappa shape index (κ2) is 6.27. The van der Waals surface area contributed by atoms with Crippen LogP contribution in [0, 0.1) is 5.41 Å². The summed E-state index contributed by atoms with van der Waals surface area (Å²) in [5.74, 6) is -0.571. The number of rotatable bonds is 4. The fourth-order valence-electron chi connectivity index (χ4n) is 1.69. The Morgan fingerprint density at radius 1 is 1.25 bits per heavy atom. The average Bonchev–Trinajstić information content (AvgIpc) is 2.35. The molecule has 0 aliphatic carbocycles. The topological polar surface area (TPSA) is 87.7 Å². The van der Waals surface area contributed by atoms with Gasteiger partial charge in [0.2, 0.25) is 0 Å². The molecule has 0 aromatic heterocycles. The lowest BCUT2D eigenvalue weighted by Crippen LogP contribution is -2.50. The van der Waals surface area contributed by atoms with Gasteiger partial charge < -0.3 is 20.5 Å². The van der Waals surface area contributed by atoms with Crippen LogP contribution < -0.4 is 15.4 Å². The molecule has 0 fully saturated rings. The van der Waals surface area contributed by atoms with E-state index in [4.69, 9.17) is 9.84 Å². The molecular formula is C14H20N2O4. The minimum Gasteiger partial charge on any atom is -0.495 e. The van der Waals surface area contributed by atoms with E-state index in [1.165, 1.54) is 7.11 Å². The number of benzene rings is 1. The van der Waals surface area contributed by atoms with Gasteiger partial charge in [-0.1, -0.05) is 32.9 Å². The fourth-order valence-corrected chi connectivity index (χ4v) is 1.69. The van der Waals surface area contributed by atoms with E-state index in [0.717, 1.165) is 0 Å². The third-order valence-electron chi connectivity index (χ3n) is 2.74. The van der Waals surface area contributed by atoms with E-state index in [1.54, 1.807) is 45.0 Å². The predicted molar refractivity (Wildman–Crippen MR) is 76.0 cm³/mol. The summed E-state index contributed by atoms with van der Waals surface area (Å²) in [5.41, 5.74) is -0.116. The fraction of sp³-hybridized carbons (Fsp3) is 0.429. The lowest BCUT2D eigenvalue weighted by atomic mass is 9.87. The number of nitrogens with one attached hydrogen (secondary N) is 2. The predicted octanol–water partition coefficient (Wildman–Crippen LogP) is 2.32. The number of carbonyl (C=O) groups excluding carboxylic acids is 1. The van der Waals surface area contributed by atoms with Crippen LogP contribution in [-0.2, 0) is 4.79 Å². The normalized spacial score (nSPS) is 12.4. The number of ether oxygens (including phenoxy) is 1. The molecule has 0 heterocycles. The smallest absolute Gasteiger partial charge is 0.326 e. The third kappa shape index (κ3) is 4.15. The molecule has 1 atom stereocenters. The lowest BCUT2D eigenvalue weighted by molar-refractivity contribution is -0.141. The van der Waals surface area contributed by atoms with Crippen molar-refractivity contribution in [2.75, 3.05) is 12.4 Å². The minimum absolute atomic E-state index is 0.477. The van der Waals surface area contributed by atoms with Crippen molar-refractivity contribution in [3.63, 3.8) is 0 Å². The monoisotopic (exact) mass is 280 g/mol. The molecule has 0 aliphatic rings. The Hall–Kier alpha value is -2.24. The summed E-state index contributed by atoms with van der Waals surface area (Å²) in [6.07, 6.45) is 0. The van der Waals surface area contributed by atoms with Gasteiger partial charge in [0.05, 0.1) is 12.8 Å². The molecule has 20 heavy (non-hydrogen) atoms.